The molecule has 0 radical (unpaired) electrons. The molecule has 4 heteroatoms. The fourth-order valence-corrected chi connectivity index (χ4v) is 3.67. The summed E-state index contributed by atoms with van der Waals surface area (Å²) in [5.74, 6) is 0. The van der Waals surface area contributed by atoms with E-state index in [1.165, 1.54) is 16.7 Å². The molecule has 4 rings (SSSR count). The summed E-state index contributed by atoms with van der Waals surface area (Å²) in [6.07, 6.45) is 6.35. The van der Waals surface area contributed by atoms with Crippen molar-refractivity contribution >= 4 is 11.3 Å². The number of hydrogen-bond acceptors (Lipinski definition) is 4. The average molecular weight is 303 g/mol. The van der Waals surface area contributed by atoms with Crippen LogP contribution in [0.3, 0.4) is 0 Å². The van der Waals surface area contributed by atoms with Crippen LogP contribution in [0.5, 0.6) is 0 Å². The van der Waals surface area contributed by atoms with Gasteiger partial charge in [0.1, 0.15) is 5.01 Å². The summed E-state index contributed by atoms with van der Waals surface area (Å²) < 4.78 is 0. The topological polar surface area (TPSA) is 49.6 Å². The molecule has 0 amide bonds. The number of nitriles is 1. The SMILES string of the molecule is N#Cc1cccc2c1CCc1ncc(-c3nccs3)cc1C2. The Balaban J connectivity index is 1.80. The molecular formula is C18H13N3S. The molecule has 0 aliphatic heterocycles. The van der Waals surface area contributed by atoms with Gasteiger partial charge >= 0.3 is 0 Å². The lowest BCUT2D eigenvalue weighted by Gasteiger charge is -2.07. The normalized spacial score (nSPS) is 12.9. The highest BCUT2D eigenvalue weighted by molar-refractivity contribution is 7.13. The molecule has 3 aromatic rings. The van der Waals surface area contributed by atoms with E-state index >= 15 is 0 Å². The first-order valence-electron chi connectivity index (χ1n) is 7.23. The largest absolute Gasteiger partial charge is 0.260 e. The molecule has 1 aliphatic carbocycles. The summed E-state index contributed by atoms with van der Waals surface area (Å²) >= 11 is 1.63. The maximum absolute atomic E-state index is 9.30. The van der Waals surface area contributed by atoms with E-state index in [1.807, 2.05) is 29.9 Å². The Morgan fingerprint density at radius 2 is 2.09 bits per heavy atom. The minimum atomic E-state index is 0.797. The number of thiazole rings is 1. The zero-order valence-electron chi connectivity index (χ0n) is 11.9. The van der Waals surface area contributed by atoms with Crippen LogP contribution in [0.25, 0.3) is 10.6 Å². The van der Waals surface area contributed by atoms with Gasteiger partial charge in [-0.2, -0.15) is 5.26 Å². The molecule has 106 valence electrons. The maximum Gasteiger partial charge on any atom is 0.124 e. The molecule has 2 aromatic heterocycles. The number of aryl methyl sites for hydroxylation is 1. The molecule has 0 N–H and O–H groups in total. The molecule has 1 aromatic carbocycles. The Bertz CT molecular complexity index is 876. The second kappa shape index (κ2) is 5.36. The van der Waals surface area contributed by atoms with Crippen LogP contribution in [0.2, 0.25) is 0 Å². The van der Waals surface area contributed by atoms with E-state index in [0.717, 1.165) is 41.1 Å². The summed E-state index contributed by atoms with van der Waals surface area (Å²) in [6, 6.07) is 10.5. The summed E-state index contributed by atoms with van der Waals surface area (Å²) in [4.78, 5) is 9.02. The number of rotatable bonds is 1. The average Bonchev–Trinajstić information content (AvgIpc) is 3.02. The fourth-order valence-electron chi connectivity index (χ4n) is 3.05. The fraction of sp³-hybridized carbons (Fsp3) is 0.167. The van der Waals surface area contributed by atoms with E-state index in [4.69, 9.17) is 0 Å². The molecular weight excluding hydrogens is 290 g/mol. The first kappa shape index (κ1) is 13.2. The number of fused-ring (bicyclic) bond motifs is 2. The van der Waals surface area contributed by atoms with E-state index in [0.29, 0.717) is 0 Å². The predicted octanol–water partition coefficient (Wildman–Crippen LogP) is 3.77. The second-order valence-electron chi connectivity index (χ2n) is 5.40. The van der Waals surface area contributed by atoms with E-state index in [2.05, 4.69) is 28.2 Å². The number of pyridine rings is 1. The first-order chi connectivity index (χ1) is 10.8. The third-order valence-corrected chi connectivity index (χ3v) is 4.95. The zero-order valence-corrected chi connectivity index (χ0v) is 12.7. The summed E-state index contributed by atoms with van der Waals surface area (Å²) in [5.41, 5.74) is 6.69. The van der Waals surface area contributed by atoms with Gasteiger partial charge in [-0.05, 0) is 48.1 Å². The van der Waals surface area contributed by atoms with Crippen molar-refractivity contribution in [3.05, 3.63) is 70.0 Å². The van der Waals surface area contributed by atoms with E-state index in [-0.39, 0.29) is 0 Å². The summed E-state index contributed by atoms with van der Waals surface area (Å²) in [7, 11) is 0. The lowest BCUT2D eigenvalue weighted by Crippen LogP contribution is -1.97. The van der Waals surface area contributed by atoms with Crippen LogP contribution in [0.15, 0.2) is 42.0 Å². The van der Waals surface area contributed by atoms with Crippen LogP contribution < -0.4 is 0 Å². The lowest BCUT2D eigenvalue weighted by atomic mass is 9.97. The van der Waals surface area contributed by atoms with Crippen molar-refractivity contribution in [2.75, 3.05) is 0 Å². The lowest BCUT2D eigenvalue weighted by molar-refractivity contribution is 0.914. The van der Waals surface area contributed by atoms with Gasteiger partial charge in [0.15, 0.2) is 0 Å². The van der Waals surface area contributed by atoms with Crippen LogP contribution in [0, 0.1) is 11.3 Å². The van der Waals surface area contributed by atoms with Crippen molar-refractivity contribution < 1.29 is 0 Å². The molecule has 2 heterocycles. The standard InChI is InChI=1S/C18H13N3S/c19-10-13-3-1-2-12-8-14-9-15(18-20-6-7-22-18)11-21-17(14)5-4-16(12)13/h1-3,6-7,9,11H,4-5,8H2. The van der Waals surface area contributed by atoms with Crippen molar-refractivity contribution in [2.24, 2.45) is 0 Å². The molecule has 3 nitrogen and oxygen atoms in total. The highest BCUT2D eigenvalue weighted by Crippen LogP contribution is 2.29. The zero-order chi connectivity index (χ0) is 14.9. The van der Waals surface area contributed by atoms with Gasteiger partial charge in [-0.15, -0.1) is 11.3 Å². The van der Waals surface area contributed by atoms with Crippen LogP contribution in [-0.2, 0) is 19.3 Å². The Hall–Kier alpha value is -2.51. The minimum absolute atomic E-state index is 0.797. The van der Waals surface area contributed by atoms with Gasteiger partial charge in [-0.25, -0.2) is 4.98 Å². The number of hydrogen-bond donors (Lipinski definition) is 0. The Morgan fingerprint density at radius 1 is 1.14 bits per heavy atom. The third-order valence-electron chi connectivity index (χ3n) is 4.13. The van der Waals surface area contributed by atoms with Gasteiger partial charge in [0.05, 0.1) is 11.6 Å². The third kappa shape index (κ3) is 2.20. The monoisotopic (exact) mass is 303 g/mol. The maximum atomic E-state index is 9.30. The van der Waals surface area contributed by atoms with Gasteiger partial charge < -0.3 is 0 Å². The molecule has 0 atom stereocenters. The van der Waals surface area contributed by atoms with Crippen LogP contribution >= 0.6 is 11.3 Å². The first-order valence-corrected chi connectivity index (χ1v) is 8.11. The molecule has 0 saturated heterocycles. The second-order valence-corrected chi connectivity index (χ2v) is 6.29. The number of nitrogens with zero attached hydrogens (tertiary/aromatic N) is 3. The van der Waals surface area contributed by atoms with E-state index < -0.39 is 0 Å². The number of aromatic nitrogens is 2. The molecule has 0 fully saturated rings. The van der Waals surface area contributed by atoms with Crippen molar-refractivity contribution in [2.45, 2.75) is 19.3 Å². The van der Waals surface area contributed by atoms with Gasteiger partial charge in [-0.1, -0.05) is 12.1 Å². The van der Waals surface area contributed by atoms with Crippen molar-refractivity contribution in [3.8, 4) is 16.6 Å². The highest BCUT2D eigenvalue weighted by Gasteiger charge is 2.17. The van der Waals surface area contributed by atoms with Crippen LogP contribution in [0.4, 0.5) is 0 Å². The van der Waals surface area contributed by atoms with Crippen molar-refractivity contribution in [1.29, 1.82) is 5.26 Å². The van der Waals surface area contributed by atoms with Crippen LogP contribution in [0.1, 0.15) is 27.9 Å². The summed E-state index contributed by atoms with van der Waals surface area (Å²) in [5, 5.41) is 12.3. The van der Waals surface area contributed by atoms with Gasteiger partial charge in [0.25, 0.3) is 0 Å². The number of benzene rings is 1. The Labute approximate surface area is 132 Å². The molecule has 22 heavy (non-hydrogen) atoms. The van der Waals surface area contributed by atoms with Gasteiger partial charge in [-0.3, -0.25) is 4.98 Å². The Morgan fingerprint density at radius 3 is 2.91 bits per heavy atom. The smallest absolute Gasteiger partial charge is 0.124 e. The van der Waals surface area contributed by atoms with E-state index in [1.54, 1.807) is 11.3 Å². The molecule has 1 aliphatic rings. The minimum Gasteiger partial charge on any atom is -0.260 e. The van der Waals surface area contributed by atoms with Crippen molar-refractivity contribution in [3.63, 3.8) is 0 Å². The van der Waals surface area contributed by atoms with Crippen LogP contribution in [-0.4, -0.2) is 9.97 Å². The quantitative estimate of drug-likeness (QED) is 0.687. The van der Waals surface area contributed by atoms with Crippen molar-refractivity contribution in [1.82, 2.24) is 9.97 Å². The molecule has 0 bridgehead atoms. The van der Waals surface area contributed by atoms with Gasteiger partial charge in [0, 0.05) is 29.0 Å². The van der Waals surface area contributed by atoms with Gasteiger partial charge in [0.2, 0.25) is 0 Å². The summed E-state index contributed by atoms with van der Waals surface area (Å²) in [6.45, 7) is 0. The Kier molecular flexibility index (Phi) is 3.21. The van der Waals surface area contributed by atoms with E-state index in [9.17, 15) is 5.26 Å². The predicted molar refractivity (Wildman–Crippen MR) is 86.7 cm³/mol. The molecule has 0 saturated carbocycles. The highest BCUT2D eigenvalue weighted by atomic mass is 32.1. The molecule has 0 spiro atoms. The molecule has 0 unspecified atom stereocenters.